The normalized spacial score (nSPS) is 11.3. The van der Waals surface area contributed by atoms with Crippen molar-refractivity contribution in [3.8, 4) is 39.1 Å². The van der Waals surface area contributed by atoms with Gasteiger partial charge in [0.1, 0.15) is 0 Å². The average Bonchev–Trinajstić information content (AvgIpc) is 3.54. The molecule has 0 atom stereocenters. The Morgan fingerprint density at radius 2 is 0.830 bits per heavy atom. The highest BCUT2D eigenvalue weighted by molar-refractivity contribution is 6.10. The van der Waals surface area contributed by atoms with E-state index in [-0.39, 0.29) is 0 Å². The van der Waals surface area contributed by atoms with Crippen LogP contribution < -0.4 is 4.90 Å². The summed E-state index contributed by atoms with van der Waals surface area (Å²) in [5.41, 5.74) is 18.1. The van der Waals surface area contributed by atoms with Gasteiger partial charge >= 0.3 is 0 Å². The standard InChI is InChI=1S/C51H40N2/c1-35-13-17-38(18-14-35)39-23-29-46(30-24-39)53-50-12-8-7-11-47(50)48-34-43(26-32-51(48)53)41-21-19-40(20-22-41)42-25-31-49(37(3)33-42)52(44-9-5-4-6-10-44)45-27-15-36(2)16-28-45/h4-34H,1-3H3. The highest BCUT2D eigenvalue weighted by Gasteiger charge is 2.16. The number of nitrogens with zero attached hydrogens (tertiary/aromatic N) is 2. The molecule has 254 valence electrons. The Morgan fingerprint density at radius 3 is 1.49 bits per heavy atom. The number of anilines is 3. The smallest absolute Gasteiger partial charge is 0.0541 e. The molecule has 0 aliphatic rings. The van der Waals surface area contributed by atoms with Crippen molar-refractivity contribution in [3.05, 3.63) is 205 Å². The third-order valence-electron chi connectivity index (χ3n) is 10.5. The van der Waals surface area contributed by atoms with Crippen molar-refractivity contribution in [2.24, 2.45) is 0 Å². The Morgan fingerprint density at radius 1 is 0.358 bits per heavy atom. The Kier molecular flexibility index (Phi) is 8.21. The second-order valence-electron chi connectivity index (χ2n) is 14.1. The van der Waals surface area contributed by atoms with Crippen LogP contribution in [0.2, 0.25) is 0 Å². The van der Waals surface area contributed by atoms with Crippen LogP contribution in [0.4, 0.5) is 17.1 Å². The lowest BCUT2D eigenvalue weighted by molar-refractivity contribution is 1.18. The van der Waals surface area contributed by atoms with Crippen LogP contribution in [-0.4, -0.2) is 4.57 Å². The number of rotatable bonds is 7. The Bertz CT molecular complexity index is 2700. The molecule has 0 bridgehead atoms. The first-order valence-electron chi connectivity index (χ1n) is 18.3. The third-order valence-corrected chi connectivity index (χ3v) is 10.5. The van der Waals surface area contributed by atoms with E-state index in [2.05, 4.69) is 218 Å². The van der Waals surface area contributed by atoms with E-state index >= 15 is 0 Å². The summed E-state index contributed by atoms with van der Waals surface area (Å²) in [5, 5.41) is 2.52. The van der Waals surface area contributed by atoms with Crippen LogP contribution in [0.3, 0.4) is 0 Å². The van der Waals surface area contributed by atoms with Gasteiger partial charge < -0.3 is 9.47 Å². The molecule has 53 heavy (non-hydrogen) atoms. The summed E-state index contributed by atoms with van der Waals surface area (Å²) in [6.45, 7) is 6.47. The molecule has 0 saturated heterocycles. The van der Waals surface area contributed by atoms with Crippen LogP contribution in [0.15, 0.2) is 188 Å². The Labute approximate surface area is 311 Å². The van der Waals surface area contributed by atoms with Crippen LogP contribution in [0, 0.1) is 20.8 Å². The second kappa shape index (κ2) is 13.5. The van der Waals surface area contributed by atoms with Crippen molar-refractivity contribution in [2.75, 3.05) is 4.90 Å². The van der Waals surface area contributed by atoms with Crippen molar-refractivity contribution in [1.82, 2.24) is 4.57 Å². The molecule has 2 nitrogen and oxygen atoms in total. The molecule has 2 heteroatoms. The molecule has 0 spiro atoms. The molecular formula is C51H40N2. The molecule has 0 aliphatic heterocycles. The minimum Gasteiger partial charge on any atom is -0.310 e. The maximum absolute atomic E-state index is 2.39. The van der Waals surface area contributed by atoms with E-state index in [9.17, 15) is 0 Å². The second-order valence-corrected chi connectivity index (χ2v) is 14.1. The van der Waals surface area contributed by atoms with Gasteiger partial charge in [-0.25, -0.2) is 0 Å². The largest absolute Gasteiger partial charge is 0.310 e. The van der Waals surface area contributed by atoms with Crippen LogP contribution in [0.5, 0.6) is 0 Å². The first kappa shape index (κ1) is 32.3. The van der Waals surface area contributed by atoms with Gasteiger partial charge in [0.15, 0.2) is 0 Å². The summed E-state index contributed by atoms with van der Waals surface area (Å²) in [6, 6.07) is 68.5. The number of hydrogen-bond acceptors (Lipinski definition) is 1. The van der Waals surface area contributed by atoms with E-state index in [1.165, 1.54) is 77.6 Å². The zero-order valence-electron chi connectivity index (χ0n) is 30.3. The fourth-order valence-electron chi connectivity index (χ4n) is 7.62. The van der Waals surface area contributed by atoms with E-state index in [0.717, 1.165) is 17.1 Å². The monoisotopic (exact) mass is 680 g/mol. The third kappa shape index (κ3) is 6.09. The van der Waals surface area contributed by atoms with Gasteiger partial charge in [-0.1, -0.05) is 132 Å². The zero-order chi connectivity index (χ0) is 35.9. The van der Waals surface area contributed by atoms with Crippen LogP contribution in [-0.2, 0) is 0 Å². The summed E-state index contributed by atoms with van der Waals surface area (Å²) in [6.07, 6.45) is 0. The number of hydrogen-bond donors (Lipinski definition) is 0. The Balaban J connectivity index is 1.03. The van der Waals surface area contributed by atoms with Gasteiger partial charge in [0, 0.05) is 33.5 Å². The molecule has 9 aromatic rings. The van der Waals surface area contributed by atoms with Gasteiger partial charge in [0.25, 0.3) is 0 Å². The fourth-order valence-corrected chi connectivity index (χ4v) is 7.62. The minimum atomic E-state index is 1.15. The molecule has 0 unspecified atom stereocenters. The summed E-state index contributed by atoms with van der Waals surface area (Å²) < 4.78 is 2.39. The highest BCUT2D eigenvalue weighted by atomic mass is 15.1. The lowest BCUT2D eigenvalue weighted by Gasteiger charge is -2.27. The maximum atomic E-state index is 2.39. The lowest BCUT2D eigenvalue weighted by atomic mass is 9.97. The van der Waals surface area contributed by atoms with E-state index in [0.29, 0.717) is 0 Å². The predicted octanol–water partition coefficient (Wildman–Crippen LogP) is 14.2. The predicted molar refractivity (Wildman–Crippen MR) is 226 cm³/mol. The number of benzene rings is 8. The Hall–Kier alpha value is -6.64. The van der Waals surface area contributed by atoms with Gasteiger partial charge in [-0.3, -0.25) is 0 Å². The number of para-hydroxylation sites is 2. The molecule has 0 radical (unpaired) electrons. The van der Waals surface area contributed by atoms with Crippen molar-refractivity contribution in [2.45, 2.75) is 20.8 Å². The molecule has 1 heterocycles. The van der Waals surface area contributed by atoms with Crippen LogP contribution in [0.25, 0.3) is 60.9 Å². The summed E-state index contributed by atoms with van der Waals surface area (Å²) in [4.78, 5) is 2.34. The molecule has 8 aromatic carbocycles. The molecule has 1 aromatic heterocycles. The average molecular weight is 681 g/mol. The quantitative estimate of drug-likeness (QED) is 0.163. The molecular weight excluding hydrogens is 641 g/mol. The zero-order valence-corrected chi connectivity index (χ0v) is 30.3. The summed E-state index contributed by atoms with van der Waals surface area (Å²) >= 11 is 0. The molecule has 9 rings (SSSR count). The van der Waals surface area contributed by atoms with Crippen molar-refractivity contribution < 1.29 is 0 Å². The van der Waals surface area contributed by atoms with E-state index in [1.54, 1.807) is 0 Å². The van der Waals surface area contributed by atoms with Gasteiger partial charge in [0.05, 0.1) is 11.0 Å². The molecule has 0 N–H and O–H groups in total. The van der Waals surface area contributed by atoms with Gasteiger partial charge in [-0.2, -0.15) is 0 Å². The SMILES string of the molecule is Cc1ccc(-c2ccc(-n3c4ccccc4c4cc(-c5ccc(-c6ccc(N(c7ccccc7)c7ccc(C)cc7)c(C)c6)cc5)ccc43)cc2)cc1. The number of aryl methyl sites for hydroxylation is 3. The fraction of sp³-hybridized carbons (Fsp3) is 0.0588. The van der Waals surface area contributed by atoms with Gasteiger partial charge in [-0.15, -0.1) is 0 Å². The minimum absolute atomic E-state index is 1.15. The maximum Gasteiger partial charge on any atom is 0.0541 e. The van der Waals surface area contributed by atoms with E-state index < -0.39 is 0 Å². The van der Waals surface area contributed by atoms with Crippen molar-refractivity contribution in [1.29, 1.82) is 0 Å². The van der Waals surface area contributed by atoms with Crippen LogP contribution >= 0.6 is 0 Å². The van der Waals surface area contributed by atoms with E-state index in [1.807, 2.05) is 0 Å². The van der Waals surface area contributed by atoms with Crippen molar-refractivity contribution in [3.63, 3.8) is 0 Å². The summed E-state index contributed by atoms with van der Waals surface area (Å²) in [5.74, 6) is 0. The van der Waals surface area contributed by atoms with Gasteiger partial charge in [-0.05, 0) is 126 Å². The lowest BCUT2D eigenvalue weighted by Crippen LogP contribution is -2.11. The number of fused-ring (bicyclic) bond motifs is 3. The molecule has 0 amide bonds. The highest BCUT2D eigenvalue weighted by Crippen LogP contribution is 2.39. The molecule has 0 saturated carbocycles. The van der Waals surface area contributed by atoms with Gasteiger partial charge in [0.2, 0.25) is 0 Å². The topological polar surface area (TPSA) is 8.17 Å². The summed E-state index contributed by atoms with van der Waals surface area (Å²) in [7, 11) is 0. The first-order valence-corrected chi connectivity index (χ1v) is 18.3. The van der Waals surface area contributed by atoms with Crippen LogP contribution in [0.1, 0.15) is 16.7 Å². The first-order chi connectivity index (χ1) is 26.0. The van der Waals surface area contributed by atoms with Crippen molar-refractivity contribution >= 4 is 38.9 Å². The molecule has 0 aliphatic carbocycles. The number of aromatic nitrogens is 1. The molecule has 0 fully saturated rings. The van der Waals surface area contributed by atoms with E-state index in [4.69, 9.17) is 0 Å².